The topological polar surface area (TPSA) is 80.6 Å². The second kappa shape index (κ2) is 25.5. The van der Waals surface area contributed by atoms with Gasteiger partial charge < -0.3 is 34.1 Å². The van der Waals surface area contributed by atoms with Crippen LogP contribution < -0.4 is 4.74 Å². The summed E-state index contributed by atoms with van der Waals surface area (Å²) in [4.78, 5) is 1.92. The van der Waals surface area contributed by atoms with Crippen molar-refractivity contribution in [2.45, 2.75) is 140 Å². The molecule has 0 aromatic heterocycles. The van der Waals surface area contributed by atoms with Crippen molar-refractivity contribution >= 4 is 21.6 Å². The zero-order chi connectivity index (χ0) is 49.8. The maximum Gasteiger partial charge on any atom is 0.435 e. The third-order valence-corrected chi connectivity index (χ3v) is 16.6. The van der Waals surface area contributed by atoms with Gasteiger partial charge in [-0.15, -0.1) is 0 Å². The number of benzene rings is 2. The van der Waals surface area contributed by atoms with Crippen LogP contribution in [-0.4, -0.2) is 110 Å². The molecule has 68 heavy (non-hydrogen) atoms. The Bertz CT molecular complexity index is 1790. The first-order chi connectivity index (χ1) is 32.2. The maximum atomic E-state index is 15.2. The average Bonchev–Trinajstić information content (AvgIpc) is 3.61. The second-order valence-corrected chi connectivity index (χ2v) is 21.4. The van der Waals surface area contributed by atoms with E-state index in [4.69, 9.17) is 24.4 Å². The first-order valence-electron chi connectivity index (χ1n) is 23.6. The Morgan fingerprint density at radius 1 is 0.765 bits per heavy atom. The van der Waals surface area contributed by atoms with Crippen molar-refractivity contribution in [2.24, 2.45) is 23.2 Å². The lowest BCUT2D eigenvalue weighted by molar-refractivity contribution is -0.457. The lowest BCUT2D eigenvalue weighted by atomic mass is 9.55. The zero-order valence-electron chi connectivity index (χ0n) is 38.7. The Morgan fingerprint density at radius 3 is 2.12 bits per heavy atom. The third-order valence-electron chi connectivity index (χ3n) is 14.1. The minimum Gasteiger partial charge on any atom is -0.489 e. The summed E-state index contributed by atoms with van der Waals surface area (Å²) in [6, 6.07) is 8.49. The van der Waals surface area contributed by atoms with E-state index in [9.17, 15) is 39.5 Å². The van der Waals surface area contributed by atoms with Crippen molar-refractivity contribution in [2.75, 3.05) is 64.7 Å². The first kappa shape index (κ1) is 56.8. The average molecular weight is 1030 g/mol. The summed E-state index contributed by atoms with van der Waals surface area (Å²) in [5.74, 6) is 1.94. The van der Waals surface area contributed by atoms with Gasteiger partial charge in [0.25, 0.3) is 0 Å². The smallest absolute Gasteiger partial charge is 0.435 e. The SMILES string of the molecule is CN(CCCCCCSSCCOCCCC(CO)CO)Cc1c(F)cc(COc2ccc3c(c2)CC[C@@H]2[C@@H]3CC[C@]3(C)[C@@H](OCCCOC(C(F)(F)F)(C(F)(F)F)C(F)(F)F)CC[C@@H]23)cc1F. The Morgan fingerprint density at radius 2 is 1.44 bits per heavy atom. The molecule has 2 saturated carbocycles. The molecule has 2 aromatic rings. The number of hydrogen-bond donors (Lipinski definition) is 2. The highest BCUT2D eigenvalue weighted by Crippen LogP contribution is 2.62. The largest absolute Gasteiger partial charge is 0.489 e. The summed E-state index contributed by atoms with van der Waals surface area (Å²) in [6.07, 6.45) is -11.1. The van der Waals surface area contributed by atoms with Gasteiger partial charge >= 0.3 is 24.1 Å². The summed E-state index contributed by atoms with van der Waals surface area (Å²) in [5.41, 5.74) is -3.93. The Kier molecular flexibility index (Phi) is 21.3. The number of aliphatic hydroxyl groups excluding tert-OH is 2. The number of fused-ring (bicyclic) bond motifs is 5. The third kappa shape index (κ3) is 14.3. The molecule has 388 valence electrons. The molecular weight excluding hydrogens is 960 g/mol. The van der Waals surface area contributed by atoms with Crippen LogP contribution in [0.25, 0.3) is 0 Å². The van der Waals surface area contributed by atoms with Crippen LogP contribution in [-0.2, 0) is 33.8 Å². The standard InChI is InChI=1S/C48H66F11NO6S2/c1-44-17-16-37-36-13-11-35(27-34(36)10-12-38(37)40(44)14-15-43(44)64-20-8-21-66-45(46(51,52)53,47(54,55)56)48(57,58)59)65-31-33-25-41(49)39(42(50)26-33)28-60(2)18-5-3-4-6-23-67-68-24-22-63-19-7-9-32(29-61)30-62/h11,13,25-27,32,37-38,40,43,61-62H,3-10,12,14-24,28-31H2,1-2H3/t37-,38-,40+,43+,44+/m1/s1. The number of aliphatic hydroxyl groups is 2. The van der Waals surface area contributed by atoms with Crippen LogP contribution >= 0.6 is 21.6 Å². The molecular formula is C48H66F11NO6S2. The second-order valence-electron chi connectivity index (χ2n) is 18.7. The van der Waals surface area contributed by atoms with Gasteiger partial charge in [0.2, 0.25) is 0 Å². The molecule has 0 saturated heterocycles. The van der Waals surface area contributed by atoms with Gasteiger partial charge in [-0.1, -0.05) is 47.4 Å². The fourth-order valence-corrected chi connectivity index (χ4v) is 12.4. The lowest BCUT2D eigenvalue weighted by Crippen LogP contribution is -2.67. The predicted molar refractivity (Wildman–Crippen MR) is 240 cm³/mol. The van der Waals surface area contributed by atoms with Gasteiger partial charge in [-0.25, -0.2) is 8.78 Å². The fourth-order valence-electron chi connectivity index (χ4n) is 10.4. The highest BCUT2D eigenvalue weighted by Gasteiger charge is 2.85. The van der Waals surface area contributed by atoms with E-state index in [1.807, 2.05) is 40.9 Å². The highest BCUT2D eigenvalue weighted by atomic mass is 33.1. The number of alkyl halides is 9. The molecule has 7 nitrogen and oxygen atoms in total. The molecule has 0 bridgehead atoms. The van der Waals surface area contributed by atoms with Crippen LogP contribution in [0.3, 0.4) is 0 Å². The molecule has 0 radical (unpaired) electrons. The number of aryl methyl sites for hydroxylation is 1. The Balaban J connectivity index is 1.00. The van der Waals surface area contributed by atoms with Gasteiger partial charge in [-0.05, 0) is 148 Å². The molecule has 0 heterocycles. The van der Waals surface area contributed by atoms with Crippen molar-refractivity contribution < 1.29 is 77.5 Å². The molecule has 0 unspecified atom stereocenters. The van der Waals surface area contributed by atoms with Gasteiger partial charge in [0.05, 0.1) is 19.3 Å². The van der Waals surface area contributed by atoms with Crippen LogP contribution in [0.4, 0.5) is 48.3 Å². The lowest BCUT2D eigenvalue weighted by Gasteiger charge is -2.50. The molecule has 2 fully saturated rings. The maximum absolute atomic E-state index is 15.2. The van der Waals surface area contributed by atoms with Gasteiger partial charge in [0.1, 0.15) is 24.0 Å². The van der Waals surface area contributed by atoms with Crippen LogP contribution in [0, 0.1) is 34.8 Å². The molecule has 2 aromatic carbocycles. The molecule has 0 aliphatic heterocycles. The quantitative estimate of drug-likeness (QED) is 0.0492. The van der Waals surface area contributed by atoms with Gasteiger partial charge in [0.15, 0.2) is 0 Å². The summed E-state index contributed by atoms with van der Waals surface area (Å²) in [6.45, 7) is 2.36. The van der Waals surface area contributed by atoms with Crippen LogP contribution in [0.5, 0.6) is 5.75 Å². The van der Waals surface area contributed by atoms with Gasteiger partial charge in [-0.2, -0.15) is 39.5 Å². The van der Waals surface area contributed by atoms with E-state index in [2.05, 4.69) is 11.7 Å². The van der Waals surface area contributed by atoms with Gasteiger partial charge in [-0.3, -0.25) is 0 Å². The van der Waals surface area contributed by atoms with Crippen molar-refractivity contribution in [1.82, 2.24) is 4.90 Å². The van der Waals surface area contributed by atoms with E-state index in [1.54, 1.807) is 10.8 Å². The number of halogens is 11. The fraction of sp³-hybridized carbons (Fsp3) is 0.750. The number of nitrogens with zero attached hydrogens (tertiary/aromatic N) is 1. The van der Waals surface area contributed by atoms with Crippen molar-refractivity contribution in [3.63, 3.8) is 0 Å². The van der Waals surface area contributed by atoms with E-state index >= 15 is 8.78 Å². The van der Waals surface area contributed by atoms with Crippen LogP contribution in [0.2, 0.25) is 0 Å². The minimum absolute atomic E-state index is 0.00738. The molecule has 20 heteroatoms. The zero-order valence-corrected chi connectivity index (χ0v) is 40.3. The minimum atomic E-state index is -6.77. The predicted octanol–water partition coefficient (Wildman–Crippen LogP) is 12.4. The molecule has 5 rings (SSSR count). The molecule has 5 atom stereocenters. The highest BCUT2D eigenvalue weighted by molar-refractivity contribution is 8.76. The normalized spacial score (nSPS) is 22.2. The van der Waals surface area contributed by atoms with E-state index in [0.29, 0.717) is 43.4 Å². The monoisotopic (exact) mass is 1030 g/mol. The van der Waals surface area contributed by atoms with Crippen molar-refractivity contribution in [1.29, 1.82) is 0 Å². The van der Waals surface area contributed by atoms with Crippen molar-refractivity contribution in [3.05, 3.63) is 64.2 Å². The van der Waals surface area contributed by atoms with E-state index in [0.717, 1.165) is 87.7 Å². The molecule has 2 N–H and O–H groups in total. The number of ether oxygens (including phenoxy) is 4. The van der Waals surface area contributed by atoms with Crippen LogP contribution in [0.15, 0.2) is 30.3 Å². The number of rotatable bonds is 28. The molecule has 3 aliphatic rings. The summed E-state index contributed by atoms with van der Waals surface area (Å²) in [5, 5.41) is 18.2. The first-order valence-corrected chi connectivity index (χ1v) is 26.1. The van der Waals surface area contributed by atoms with Crippen LogP contribution in [0.1, 0.15) is 112 Å². The van der Waals surface area contributed by atoms with E-state index < -0.39 is 48.8 Å². The molecule has 3 aliphatic carbocycles. The molecule has 0 amide bonds. The molecule has 0 spiro atoms. The number of unbranched alkanes of at least 4 members (excludes halogenated alkanes) is 3. The Hall–Kier alpha value is -2.07. The number of hydrogen-bond acceptors (Lipinski definition) is 9. The van der Waals surface area contributed by atoms with Gasteiger partial charge in [0, 0.05) is 56.0 Å². The summed E-state index contributed by atoms with van der Waals surface area (Å²) < 4.78 is 171. The van der Waals surface area contributed by atoms with E-state index in [1.165, 1.54) is 17.7 Å². The summed E-state index contributed by atoms with van der Waals surface area (Å²) in [7, 11) is 5.46. The summed E-state index contributed by atoms with van der Waals surface area (Å²) >= 11 is 0. The van der Waals surface area contributed by atoms with Crippen molar-refractivity contribution in [3.8, 4) is 5.75 Å². The van der Waals surface area contributed by atoms with E-state index in [-0.39, 0.29) is 67.8 Å². The Labute approximate surface area is 400 Å².